The number of carbonyl (C=O) groups excluding carboxylic acids is 1. The van der Waals surface area contributed by atoms with Crippen molar-refractivity contribution in [1.82, 2.24) is 20.2 Å². The van der Waals surface area contributed by atoms with E-state index in [1.54, 1.807) is 18.2 Å². The first-order chi connectivity index (χ1) is 12.5. The van der Waals surface area contributed by atoms with Crippen LogP contribution in [-0.2, 0) is 4.79 Å². The second-order valence-corrected chi connectivity index (χ2v) is 6.82. The predicted octanol–water partition coefficient (Wildman–Crippen LogP) is 4.08. The zero-order valence-electron chi connectivity index (χ0n) is 13.4. The molecule has 0 amide bonds. The topological polar surface area (TPSA) is 85.1 Å². The summed E-state index contributed by atoms with van der Waals surface area (Å²) in [6.45, 7) is 1.41. The van der Waals surface area contributed by atoms with Crippen LogP contribution in [0.15, 0.2) is 58.8 Å². The Morgan fingerprint density at radius 1 is 1.19 bits per heavy atom. The Kier molecular flexibility index (Phi) is 5.87. The first-order valence-electron chi connectivity index (χ1n) is 7.36. The van der Waals surface area contributed by atoms with Crippen molar-refractivity contribution >= 4 is 51.5 Å². The Hall–Kier alpha value is -2.42. The average Bonchev–Trinajstić information content (AvgIpc) is 3.08. The van der Waals surface area contributed by atoms with E-state index in [1.807, 2.05) is 30.3 Å². The molecule has 0 saturated heterocycles. The molecule has 10 heteroatoms. The summed E-state index contributed by atoms with van der Waals surface area (Å²) in [6, 6.07) is 14.3. The van der Waals surface area contributed by atoms with E-state index in [2.05, 4.69) is 26.1 Å². The number of halogens is 2. The first kappa shape index (κ1) is 18.4. The number of aromatic nitrogens is 4. The molecule has 0 spiro atoms. The lowest BCUT2D eigenvalue weighted by Gasteiger charge is -2.07. The highest BCUT2D eigenvalue weighted by Crippen LogP contribution is 2.26. The van der Waals surface area contributed by atoms with Crippen LogP contribution >= 0.6 is 35.0 Å². The predicted molar refractivity (Wildman–Crippen MR) is 103 cm³/mol. The lowest BCUT2D eigenvalue weighted by molar-refractivity contribution is -0.110. The number of hydrazone groups is 1. The quantitative estimate of drug-likeness (QED) is 0.297. The van der Waals surface area contributed by atoms with Crippen molar-refractivity contribution in [1.29, 1.82) is 0 Å². The second kappa shape index (κ2) is 8.31. The van der Waals surface area contributed by atoms with Gasteiger partial charge in [0.15, 0.2) is 10.8 Å². The normalized spacial score (nSPS) is 11.4. The summed E-state index contributed by atoms with van der Waals surface area (Å²) >= 11 is 13.0. The molecule has 2 aromatic carbocycles. The molecule has 1 heterocycles. The van der Waals surface area contributed by atoms with E-state index in [0.29, 0.717) is 20.9 Å². The third-order valence-electron chi connectivity index (χ3n) is 3.14. The van der Waals surface area contributed by atoms with Crippen molar-refractivity contribution in [3.05, 3.63) is 58.6 Å². The van der Waals surface area contributed by atoms with Gasteiger partial charge < -0.3 is 0 Å². The van der Waals surface area contributed by atoms with Crippen LogP contribution in [0.5, 0.6) is 0 Å². The monoisotopic (exact) mass is 406 g/mol. The van der Waals surface area contributed by atoms with Crippen LogP contribution in [0, 0.1) is 0 Å². The van der Waals surface area contributed by atoms with Crippen LogP contribution in [-0.4, -0.2) is 31.0 Å². The third-order valence-corrected chi connectivity index (χ3v) is 4.70. The number of hydrogen-bond acceptors (Lipinski definition) is 7. The Morgan fingerprint density at radius 3 is 2.65 bits per heavy atom. The maximum atomic E-state index is 12.0. The lowest BCUT2D eigenvalue weighted by atomic mass is 10.3. The number of ketones is 1. The molecule has 0 saturated carbocycles. The molecule has 0 bridgehead atoms. The number of nitrogens with one attached hydrogen (secondary N) is 1. The van der Waals surface area contributed by atoms with E-state index in [4.69, 9.17) is 23.2 Å². The van der Waals surface area contributed by atoms with Gasteiger partial charge in [-0.3, -0.25) is 10.2 Å². The molecule has 0 atom stereocenters. The SMILES string of the molecule is CC(=O)/C(=N\Nc1ccc(Cl)cc1Cl)Sc1nnnn1-c1ccccc1. The summed E-state index contributed by atoms with van der Waals surface area (Å²) in [7, 11) is 0. The molecule has 0 radical (unpaired) electrons. The molecular formula is C16H12Cl2N6OS. The fraction of sp³-hybridized carbons (Fsp3) is 0.0625. The molecule has 0 aliphatic heterocycles. The largest absolute Gasteiger partial charge is 0.292 e. The molecule has 1 N–H and O–H groups in total. The van der Waals surface area contributed by atoms with Crippen molar-refractivity contribution in [3.63, 3.8) is 0 Å². The van der Waals surface area contributed by atoms with Gasteiger partial charge in [-0.15, -0.1) is 5.10 Å². The smallest absolute Gasteiger partial charge is 0.220 e. The van der Waals surface area contributed by atoms with Crippen molar-refractivity contribution in [2.45, 2.75) is 12.1 Å². The van der Waals surface area contributed by atoms with E-state index in [1.165, 1.54) is 11.6 Å². The van der Waals surface area contributed by atoms with E-state index >= 15 is 0 Å². The number of rotatable bonds is 5. The summed E-state index contributed by atoms with van der Waals surface area (Å²) in [5.74, 6) is -0.241. The summed E-state index contributed by atoms with van der Waals surface area (Å²) in [5, 5.41) is 17.2. The van der Waals surface area contributed by atoms with E-state index < -0.39 is 0 Å². The van der Waals surface area contributed by atoms with E-state index in [-0.39, 0.29) is 10.8 Å². The maximum Gasteiger partial charge on any atom is 0.220 e. The first-order valence-corrected chi connectivity index (χ1v) is 8.93. The Balaban J connectivity index is 1.84. The van der Waals surface area contributed by atoms with Gasteiger partial charge in [-0.25, -0.2) is 0 Å². The molecule has 3 aromatic rings. The maximum absolute atomic E-state index is 12.0. The molecule has 1 aromatic heterocycles. The number of thioether (sulfide) groups is 1. The average molecular weight is 407 g/mol. The van der Waals surface area contributed by atoms with Gasteiger partial charge in [-0.1, -0.05) is 41.4 Å². The minimum Gasteiger partial charge on any atom is -0.292 e. The highest BCUT2D eigenvalue weighted by molar-refractivity contribution is 8.15. The number of tetrazole rings is 1. The van der Waals surface area contributed by atoms with Gasteiger partial charge in [0.05, 0.1) is 16.4 Å². The number of carbonyl (C=O) groups is 1. The van der Waals surface area contributed by atoms with Crippen LogP contribution in [0.25, 0.3) is 5.69 Å². The fourth-order valence-electron chi connectivity index (χ4n) is 1.92. The molecule has 26 heavy (non-hydrogen) atoms. The number of nitrogens with zero attached hydrogens (tertiary/aromatic N) is 5. The molecule has 132 valence electrons. The standard InChI is InChI=1S/C16H12Cl2N6OS/c1-10(25)15(20-19-14-8-7-11(17)9-13(14)18)26-16-21-22-23-24(16)12-5-3-2-4-6-12/h2-9,19H,1H3/b20-15+. The number of para-hydroxylation sites is 1. The van der Waals surface area contributed by atoms with Crippen molar-refractivity contribution in [2.24, 2.45) is 5.10 Å². The summed E-state index contributed by atoms with van der Waals surface area (Å²) < 4.78 is 1.53. The van der Waals surface area contributed by atoms with Crippen molar-refractivity contribution < 1.29 is 4.79 Å². The molecular weight excluding hydrogens is 395 g/mol. The zero-order chi connectivity index (χ0) is 18.5. The Bertz CT molecular complexity index is 960. The van der Waals surface area contributed by atoms with Crippen LogP contribution in [0.3, 0.4) is 0 Å². The van der Waals surface area contributed by atoms with Gasteiger partial charge in [-0.05, 0) is 52.5 Å². The van der Waals surface area contributed by atoms with E-state index in [9.17, 15) is 4.79 Å². The minimum atomic E-state index is -0.241. The molecule has 0 aliphatic carbocycles. The summed E-state index contributed by atoms with van der Waals surface area (Å²) in [6.07, 6.45) is 0. The highest BCUT2D eigenvalue weighted by atomic mass is 35.5. The Morgan fingerprint density at radius 2 is 1.96 bits per heavy atom. The van der Waals surface area contributed by atoms with Gasteiger partial charge >= 0.3 is 0 Å². The van der Waals surface area contributed by atoms with Gasteiger partial charge in [0, 0.05) is 11.9 Å². The van der Waals surface area contributed by atoms with Crippen LogP contribution in [0.2, 0.25) is 10.0 Å². The summed E-state index contributed by atoms with van der Waals surface area (Å²) in [5.41, 5.74) is 4.07. The van der Waals surface area contributed by atoms with Crippen molar-refractivity contribution in [3.8, 4) is 5.69 Å². The van der Waals surface area contributed by atoms with Crippen molar-refractivity contribution in [2.75, 3.05) is 5.43 Å². The third kappa shape index (κ3) is 4.40. The Labute approximate surface area is 163 Å². The molecule has 0 unspecified atom stereocenters. The van der Waals surface area contributed by atoms with Crippen LogP contribution in [0.1, 0.15) is 6.92 Å². The molecule has 3 rings (SSSR count). The second-order valence-electron chi connectivity index (χ2n) is 5.02. The number of benzene rings is 2. The van der Waals surface area contributed by atoms with Crippen LogP contribution in [0.4, 0.5) is 5.69 Å². The minimum absolute atomic E-state index is 0.183. The number of anilines is 1. The van der Waals surface area contributed by atoms with Crippen LogP contribution < -0.4 is 5.43 Å². The van der Waals surface area contributed by atoms with Gasteiger partial charge in [-0.2, -0.15) is 9.78 Å². The molecule has 7 nitrogen and oxygen atoms in total. The van der Waals surface area contributed by atoms with Gasteiger partial charge in [0.2, 0.25) is 5.16 Å². The highest BCUT2D eigenvalue weighted by Gasteiger charge is 2.16. The molecule has 0 fully saturated rings. The molecule has 0 aliphatic rings. The fourth-order valence-corrected chi connectivity index (χ4v) is 3.09. The number of hydrogen-bond donors (Lipinski definition) is 1. The number of Topliss-reactive ketones (excluding diaryl/α,β-unsaturated/α-hetero) is 1. The summed E-state index contributed by atoms with van der Waals surface area (Å²) in [4.78, 5) is 12.0. The lowest BCUT2D eigenvalue weighted by Crippen LogP contribution is -2.10. The van der Waals surface area contributed by atoms with Gasteiger partial charge in [0.1, 0.15) is 0 Å². The zero-order valence-corrected chi connectivity index (χ0v) is 15.8. The van der Waals surface area contributed by atoms with E-state index in [0.717, 1.165) is 17.4 Å². The van der Waals surface area contributed by atoms with Gasteiger partial charge in [0.25, 0.3) is 0 Å².